The van der Waals surface area contributed by atoms with Gasteiger partial charge in [-0.15, -0.1) is 0 Å². The van der Waals surface area contributed by atoms with Crippen LogP contribution in [0.5, 0.6) is 0 Å². The van der Waals surface area contributed by atoms with Crippen LogP contribution in [-0.4, -0.2) is 30.0 Å². The highest BCUT2D eigenvalue weighted by Crippen LogP contribution is 2.08. The number of nitrogens with one attached hydrogen (secondary N) is 2. The molecule has 0 aromatic carbocycles. The molecule has 0 saturated carbocycles. The molecule has 0 aliphatic carbocycles. The molecule has 0 spiro atoms. The molecule has 4 heteroatoms. The zero-order valence-corrected chi connectivity index (χ0v) is 10.2. The summed E-state index contributed by atoms with van der Waals surface area (Å²) in [6.07, 6.45) is 5.12. The lowest BCUT2D eigenvalue weighted by molar-refractivity contribution is 0.0946. The molecule has 0 radical (unpaired) electrons. The van der Waals surface area contributed by atoms with Gasteiger partial charge in [0.05, 0.1) is 0 Å². The molecule has 1 fully saturated rings. The molecule has 1 amide bonds. The van der Waals surface area contributed by atoms with Gasteiger partial charge in [-0.25, -0.2) is 0 Å². The highest BCUT2D eigenvalue weighted by Gasteiger charge is 2.14. The quantitative estimate of drug-likeness (QED) is 0.823. The van der Waals surface area contributed by atoms with Gasteiger partial charge in [-0.05, 0) is 44.4 Å². The smallest absolute Gasteiger partial charge is 0.270 e. The number of pyridine rings is 1. The Balaban J connectivity index is 1.79. The first kappa shape index (κ1) is 12.0. The summed E-state index contributed by atoms with van der Waals surface area (Å²) in [4.78, 5) is 15.9. The van der Waals surface area contributed by atoms with Crippen molar-refractivity contribution in [1.82, 2.24) is 15.6 Å². The van der Waals surface area contributed by atoms with E-state index in [4.69, 9.17) is 0 Å². The van der Waals surface area contributed by atoms with Crippen LogP contribution in [0.1, 0.15) is 35.3 Å². The lowest BCUT2D eigenvalue weighted by Crippen LogP contribution is -2.31. The average Bonchev–Trinajstić information content (AvgIpc) is 2.82. The second-order valence-electron chi connectivity index (χ2n) is 4.51. The molecule has 4 nitrogen and oxygen atoms in total. The Morgan fingerprint density at radius 1 is 1.65 bits per heavy atom. The van der Waals surface area contributed by atoms with E-state index in [-0.39, 0.29) is 5.91 Å². The molecule has 2 heterocycles. The summed E-state index contributed by atoms with van der Waals surface area (Å²) in [6.45, 7) is 3.73. The van der Waals surface area contributed by atoms with Crippen molar-refractivity contribution in [1.29, 1.82) is 0 Å². The Hall–Kier alpha value is -1.42. The molecule has 92 valence electrons. The normalized spacial score (nSPS) is 19.2. The maximum Gasteiger partial charge on any atom is 0.270 e. The number of aryl methyl sites for hydroxylation is 1. The van der Waals surface area contributed by atoms with Gasteiger partial charge in [-0.3, -0.25) is 9.78 Å². The van der Waals surface area contributed by atoms with Crippen molar-refractivity contribution in [2.24, 2.45) is 0 Å². The summed E-state index contributed by atoms with van der Waals surface area (Å²) >= 11 is 0. The van der Waals surface area contributed by atoms with Crippen molar-refractivity contribution < 1.29 is 4.79 Å². The topological polar surface area (TPSA) is 54.0 Å². The summed E-state index contributed by atoms with van der Waals surface area (Å²) in [5.74, 6) is -0.0684. The standard InChI is InChI=1S/C13H19N3O/c1-10-4-2-8-15-12(10)13(17)16-9-6-11-5-3-7-14-11/h2,4,8,11,14H,3,5-7,9H2,1H3,(H,16,17)/t11-/m1/s1. The third-order valence-corrected chi connectivity index (χ3v) is 3.17. The van der Waals surface area contributed by atoms with Crippen molar-refractivity contribution >= 4 is 5.91 Å². The summed E-state index contributed by atoms with van der Waals surface area (Å²) in [5, 5.41) is 6.34. The lowest BCUT2D eigenvalue weighted by atomic mass is 10.1. The molecule has 1 atom stereocenters. The fourth-order valence-electron chi connectivity index (χ4n) is 2.17. The number of nitrogens with zero attached hydrogens (tertiary/aromatic N) is 1. The van der Waals surface area contributed by atoms with Crippen LogP contribution in [0.2, 0.25) is 0 Å². The van der Waals surface area contributed by atoms with E-state index in [1.165, 1.54) is 12.8 Å². The molecule has 0 unspecified atom stereocenters. The highest BCUT2D eigenvalue weighted by molar-refractivity contribution is 5.93. The van der Waals surface area contributed by atoms with Gasteiger partial charge in [-0.1, -0.05) is 6.07 Å². The Labute approximate surface area is 102 Å². The number of hydrogen-bond donors (Lipinski definition) is 2. The minimum Gasteiger partial charge on any atom is -0.351 e. The predicted molar refractivity (Wildman–Crippen MR) is 66.9 cm³/mol. The van der Waals surface area contributed by atoms with Crippen LogP contribution in [0.25, 0.3) is 0 Å². The predicted octanol–water partition coefficient (Wildman–Crippen LogP) is 1.26. The zero-order chi connectivity index (χ0) is 12.1. The van der Waals surface area contributed by atoms with E-state index in [1.54, 1.807) is 6.20 Å². The van der Waals surface area contributed by atoms with E-state index in [2.05, 4.69) is 15.6 Å². The number of carbonyl (C=O) groups is 1. The second-order valence-corrected chi connectivity index (χ2v) is 4.51. The number of rotatable bonds is 4. The number of amides is 1. The van der Waals surface area contributed by atoms with Gasteiger partial charge in [0.1, 0.15) is 5.69 Å². The van der Waals surface area contributed by atoms with Crippen molar-refractivity contribution in [3.8, 4) is 0 Å². The molecule has 0 bridgehead atoms. The minimum absolute atomic E-state index is 0.0684. The van der Waals surface area contributed by atoms with Crippen molar-refractivity contribution in [3.63, 3.8) is 0 Å². The van der Waals surface area contributed by atoms with Crippen molar-refractivity contribution in [2.75, 3.05) is 13.1 Å². The van der Waals surface area contributed by atoms with Gasteiger partial charge in [0.25, 0.3) is 5.91 Å². The summed E-state index contributed by atoms with van der Waals surface area (Å²) in [7, 11) is 0. The lowest BCUT2D eigenvalue weighted by Gasteiger charge is -2.11. The maximum atomic E-state index is 11.8. The summed E-state index contributed by atoms with van der Waals surface area (Å²) < 4.78 is 0. The fourth-order valence-corrected chi connectivity index (χ4v) is 2.17. The SMILES string of the molecule is Cc1cccnc1C(=O)NCC[C@H]1CCCN1. The fraction of sp³-hybridized carbons (Fsp3) is 0.538. The molecule has 1 aliphatic rings. The average molecular weight is 233 g/mol. The van der Waals surface area contributed by atoms with Crippen LogP contribution < -0.4 is 10.6 Å². The Morgan fingerprint density at radius 3 is 3.24 bits per heavy atom. The van der Waals surface area contributed by atoms with Crippen LogP contribution >= 0.6 is 0 Å². The third-order valence-electron chi connectivity index (χ3n) is 3.17. The van der Waals surface area contributed by atoms with Crippen LogP contribution in [0, 0.1) is 6.92 Å². The van der Waals surface area contributed by atoms with Crippen molar-refractivity contribution in [2.45, 2.75) is 32.2 Å². The van der Waals surface area contributed by atoms with Crippen LogP contribution in [0.15, 0.2) is 18.3 Å². The van der Waals surface area contributed by atoms with E-state index in [9.17, 15) is 4.79 Å². The molecule has 2 N–H and O–H groups in total. The Kier molecular flexibility index (Phi) is 4.09. The van der Waals surface area contributed by atoms with Gasteiger partial charge >= 0.3 is 0 Å². The summed E-state index contributed by atoms with van der Waals surface area (Å²) in [5.41, 5.74) is 1.45. The Bertz CT molecular complexity index is 386. The van der Waals surface area contributed by atoms with Gasteiger partial charge in [0.2, 0.25) is 0 Å². The highest BCUT2D eigenvalue weighted by atomic mass is 16.1. The van der Waals surface area contributed by atoms with Crippen LogP contribution in [0.4, 0.5) is 0 Å². The van der Waals surface area contributed by atoms with Crippen LogP contribution in [-0.2, 0) is 0 Å². The molecular weight excluding hydrogens is 214 g/mol. The van der Waals surface area contributed by atoms with Gasteiger partial charge in [0.15, 0.2) is 0 Å². The van der Waals surface area contributed by atoms with E-state index >= 15 is 0 Å². The maximum absolute atomic E-state index is 11.8. The second kappa shape index (κ2) is 5.77. The van der Waals surface area contributed by atoms with Gasteiger partial charge in [0, 0.05) is 18.8 Å². The van der Waals surface area contributed by atoms with E-state index in [0.29, 0.717) is 18.3 Å². The van der Waals surface area contributed by atoms with E-state index < -0.39 is 0 Å². The third kappa shape index (κ3) is 3.27. The zero-order valence-electron chi connectivity index (χ0n) is 10.2. The molecule has 1 aliphatic heterocycles. The van der Waals surface area contributed by atoms with Gasteiger partial charge < -0.3 is 10.6 Å². The van der Waals surface area contributed by atoms with Gasteiger partial charge in [-0.2, -0.15) is 0 Å². The van der Waals surface area contributed by atoms with E-state index in [0.717, 1.165) is 18.5 Å². The molecular formula is C13H19N3O. The molecule has 1 aromatic rings. The number of aromatic nitrogens is 1. The van der Waals surface area contributed by atoms with Crippen LogP contribution in [0.3, 0.4) is 0 Å². The molecule has 1 saturated heterocycles. The number of hydrogen-bond acceptors (Lipinski definition) is 3. The minimum atomic E-state index is -0.0684. The summed E-state index contributed by atoms with van der Waals surface area (Å²) in [6, 6.07) is 4.31. The first-order valence-corrected chi connectivity index (χ1v) is 6.20. The Morgan fingerprint density at radius 2 is 2.53 bits per heavy atom. The molecule has 2 rings (SSSR count). The van der Waals surface area contributed by atoms with E-state index in [1.807, 2.05) is 19.1 Å². The number of carbonyl (C=O) groups excluding carboxylic acids is 1. The monoisotopic (exact) mass is 233 g/mol. The molecule has 1 aromatic heterocycles. The first-order chi connectivity index (χ1) is 8.27. The largest absolute Gasteiger partial charge is 0.351 e. The first-order valence-electron chi connectivity index (χ1n) is 6.20. The van der Waals surface area contributed by atoms with Crippen molar-refractivity contribution in [3.05, 3.63) is 29.6 Å². The molecule has 17 heavy (non-hydrogen) atoms.